The van der Waals surface area contributed by atoms with Gasteiger partial charge in [-0.25, -0.2) is 9.88 Å². The topological polar surface area (TPSA) is 55.2 Å². The van der Waals surface area contributed by atoms with Crippen LogP contribution in [-0.4, -0.2) is 21.4 Å². The summed E-state index contributed by atoms with van der Waals surface area (Å²) >= 11 is 0. The van der Waals surface area contributed by atoms with E-state index in [2.05, 4.69) is 4.98 Å². The first-order valence-corrected chi connectivity index (χ1v) is 5.25. The SMILES string of the molecule is CC(=O)N(C(C)=O)c1nc2ccccc2n1C. The molecule has 5 nitrogen and oxygen atoms in total. The zero-order valence-electron chi connectivity index (χ0n) is 9.97. The fourth-order valence-corrected chi connectivity index (χ4v) is 1.84. The highest BCUT2D eigenvalue weighted by molar-refractivity contribution is 6.12. The van der Waals surface area contributed by atoms with Gasteiger partial charge >= 0.3 is 0 Å². The second-order valence-electron chi connectivity index (χ2n) is 3.83. The van der Waals surface area contributed by atoms with Crippen molar-refractivity contribution in [3.05, 3.63) is 24.3 Å². The van der Waals surface area contributed by atoms with Crippen LogP contribution in [0.3, 0.4) is 0 Å². The third-order valence-electron chi connectivity index (χ3n) is 2.59. The van der Waals surface area contributed by atoms with E-state index in [1.54, 1.807) is 11.6 Å². The zero-order chi connectivity index (χ0) is 12.6. The van der Waals surface area contributed by atoms with Crippen LogP contribution in [-0.2, 0) is 16.6 Å². The number of nitrogens with zero attached hydrogens (tertiary/aromatic N) is 3. The summed E-state index contributed by atoms with van der Waals surface area (Å²) in [5.41, 5.74) is 1.65. The summed E-state index contributed by atoms with van der Waals surface area (Å²) in [7, 11) is 1.78. The molecule has 0 saturated carbocycles. The molecule has 1 aromatic heterocycles. The van der Waals surface area contributed by atoms with Gasteiger partial charge in [0.2, 0.25) is 17.8 Å². The molecular weight excluding hydrogens is 218 g/mol. The maximum absolute atomic E-state index is 11.5. The van der Waals surface area contributed by atoms with Crippen molar-refractivity contribution in [3.8, 4) is 0 Å². The molecule has 0 radical (unpaired) electrons. The first-order valence-electron chi connectivity index (χ1n) is 5.25. The largest absolute Gasteiger partial charge is 0.312 e. The molecular formula is C12H13N3O2. The minimum absolute atomic E-state index is 0.337. The molecule has 0 spiro atoms. The van der Waals surface area contributed by atoms with Crippen molar-refractivity contribution >= 4 is 28.8 Å². The molecule has 2 rings (SSSR count). The Morgan fingerprint density at radius 2 is 1.76 bits per heavy atom. The number of para-hydroxylation sites is 2. The third-order valence-corrected chi connectivity index (χ3v) is 2.59. The third kappa shape index (κ3) is 1.80. The molecule has 0 N–H and O–H groups in total. The van der Waals surface area contributed by atoms with Crippen molar-refractivity contribution in [2.45, 2.75) is 13.8 Å². The van der Waals surface area contributed by atoms with Crippen LogP contribution in [0.2, 0.25) is 0 Å². The van der Waals surface area contributed by atoms with E-state index in [1.807, 2.05) is 24.3 Å². The molecule has 0 bridgehead atoms. The average Bonchev–Trinajstić information content (AvgIpc) is 2.56. The monoisotopic (exact) mass is 231 g/mol. The number of carbonyl (C=O) groups excluding carboxylic acids is 2. The van der Waals surface area contributed by atoms with E-state index < -0.39 is 0 Å². The lowest BCUT2D eigenvalue weighted by Gasteiger charge is -2.15. The van der Waals surface area contributed by atoms with Crippen LogP contribution in [0.1, 0.15) is 13.8 Å². The molecule has 0 saturated heterocycles. The molecule has 17 heavy (non-hydrogen) atoms. The predicted molar refractivity (Wildman–Crippen MR) is 64.6 cm³/mol. The first-order chi connectivity index (χ1) is 8.02. The van der Waals surface area contributed by atoms with Crippen LogP contribution in [0.5, 0.6) is 0 Å². The van der Waals surface area contributed by atoms with Gasteiger partial charge in [-0.2, -0.15) is 0 Å². The number of fused-ring (bicyclic) bond motifs is 1. The summed E-state index contributed by atoms with van der Waals surface area (Å²) in [5.74, 6) is -0.321. The van der Waals surface area contributed by atoms with E-state index in [1.165, 1.54) is 13.8 Å². The molecule has 0 unspecified atom stereocenters. The number of imidazole rings is 1. The first kappa shape index (κ1) is 11.3. The molecule has 5 heteroatoms. The Morgan fingerprint density at radius 3 is 2.29 bits per heavy atom. The number of benzene rings is 1. The fourth-order valence-electron chi connectivity index (χ4n) is 1.84. The second-order valence-corrected chi connectivity index (χ2v) is 3.83. The Kier molecular flexibility index (Phi) is 2.67. The number of imide groups is 1. The molecule has 0 atom stereocenters. The summed E-state index contributed by atoms with van der Waals surface area (Å²) in [6.07, 6.45) is 0. The highest BCUT2D eigenvalue weighted by Crippen LogP contribution is 2.21. The molecule has 0 aliphatic rings. The number of carbonyl (C=O) groups is 2. The van der Waals surface area contributed by atoms with Gasteiger partial charge in [-0.05, 0) is 12.1 Å². The van der Waals surface area contributed by atoms with Crippen molar-refractivity contribution < 1.29 is 9.59 Å². The van der Waals surface area contributed by atoms with Crippen LogP contribution in [0, 0.1) is 0 Å². The van der Waals surface area contributed by atoms with Gasteiger partial charge in [-0.1, -0.05) is 12.1 Å². The number of aromatic nitrogens is 2. The molecule has 0 aliphatic heterocycles. The minimum atomic E-state index is -0.337. The molecule has 1 heterocycles. The van der Waals surface area contributed by atoms with Crippen molar-refractivity contribution in [3.63, 3.8) is 0 Å². The second kappa shape index (κ2) is 4.01. The number of anilines is 1. The van der Waals surface area contributed by atoms with Crippen molar-refractivity contribution in [1.29, 1.82) is 0 Å². The van der Waals surface area contributed by atoms with E-state index in [0.29, 0.717) is 5.95 Å². The van der Waals surface area contributed by atoms with Gasteiger partial charge in [0.25, 0.3) is 0 Å². The number of hydrogen-bond donors (Lipinski definition) is 0. The predicted octanol–water partition coefficient (Wildman–Crippen LogP) is 1.47. The summed E-state index contributed by atoms with van der Waals surface area (Å²) in [6.45, 7) is 2.70. The van der Waals surface area contributed by atoms with Crippen LogP contribution < -0.4 is 4.90 Å². The van der Waals surface area contributed by atoms with Gasteiger partial charge in [0.05, 0.1) is 11.0 Å². The van der Waals surface area contributed by atoms with Crippen molar-refractivity contribution in [2.24, 2.45) is 7.05 Å². The van der Waals surface area contributed by atoms with Gasteiger partial charge in [-0.15, -0.1) is 0 Å². The average molecular weight is 231 g/mol. The van der Waals surface area contributed by atoms with E-state index in [-0.39, 0.29) is 11.8 Å². The Bertz CT molecular complexity index is 587. The van der Waals surface area contributed by atoms with Crippen LogP contribution >= 0.6 is 0 Å². The van der Waals surface area contributed by atoms with Gasteiger partial charge in [0.1, 0.15) is 0 Å². The van der Waals surface area contributed by atoms with Gasteiger partial charge < -0.3 is 4.57 Å². The number of rotatable bonds is 1. The normalized spacial score (nSPS) is 10.5. The Labute approximate surface area is 98.7 Å². The lowest BCUT2D eigenvalue weighted by Crippen LogP contribution is -2.35. The van der Waals surface area contributed by atoms with Gasteiger partial charge in [0.15, 0.2) is 0 Å². The Morgan fingerprint density at radius 1 is 1.18 bits per heavy atom. The van der Waals surface area contributed by atoms with Crippen LogP contribution in [0.4, 0.5) is 5.95 Å². The highest BCUT2D eigenvalue weighted by Gasteiger charge is 2.22. The number of hydrogen-bond acceptors (Lipinski definition) is 3. The Balaban J connectivity index is 2.66. The van der Waals surface area contributed by atoms with Gasteiger partial charge in [0, 0.05) is 20.9 Å². The molecule has 2 aromatic rings. The fraction of sp³-hybridized carbons (Fsp3) is 0.250. The van der Waals surface area contributed by atoms with Crippen LogP contribution in [0.15, 0.2) is 24.3 Å². The number of aryl methyl sites for hydroxylation is 1. The van der Waals surface area contributed by atoms with Gasteiger partial charge in [-0.3, -0.25) is 9.59 Å². The summed E-state index contributed by atoms with van der Waals surface area (Å²) < 4.78 is 1.73. The van der Waals surface area contributed by atoms with E-state index in [9.17, 15) is 9.59 Å². The zero-order valence-corrected chi connectivity index (χ0v) is 9.97. The summed E-state index contributed by atoms with van der Waals surface area (Å²) in [5, 5.41) is 0. The van der Waals surface area contributed by atoms with Crippen molar-refractivity contribution in [2.75, 3.05) is 4.90 Å². The van der Waals surface area contributed by atoms with E-state index in [4.69, 9.17) is 0 Å². The Hall–Kier alpha value is -2.17. The summed E-state index contributed by atoms with van der Waals surface area (Å²) in [4.78, 5) is 28.3. The molecule has 88 valence electrons. The van der Waals surface area contributed by atoms with Crippen LogP contribution in [0.25, 0.3) is 11.0 Å². The smallest absolute Gasteiger partial charge is 0.233 e. The van der Waals surface area contributed by atoms with E-state index >= 15 is 0 Å². The highest BCUT2D eigenvalue weighted by atomic mass is 16.2. The summed E-state index contributed by atoms with van der Waals surface area (Å²) in [6, 6.07) is 7.49. The molecule has 0 aliphatic carbocycles. The number of amides is 2. The maximum atomic E-state index is 11.5. The van der Waals surface area contributed by atoms with E-state index in [0.717, 1.165) is 15.9 Å². The molecule has 0 fully saturated rings. The molecule has 2 amide bonds. The standard InChI is InChI=1S/C12H13N3O2/c1-8(16)15(9(2)17)12-13-10-6-4-5-7-11(10)14(12)3/h4-7H,1-3H3. The lowest BCUT2D eigenvalue weighted by molar-refractivity contribution is -0.124. The quantitative estimate of drug-likeness (QED) is 0.746. The maximum Gasteiger partial charge on any atom is 0.233 e. The van der Waals surface area contributed by atoms with Crippen molar-refractivity contribution in [1.82, 2.24) is 9.55 Å². The molecule has 1 aromatic carbocycles. The minimum Gasteiger partial charge on any atom is -0.312 e. The lowest BCUT2D eigenvalue weighted by atomic mass is 10.3.